The van der Waals surface area contributed by atoms with Gasteiger partial charge in [0, 0.05) is 12.3 Å². The highest BCUT2D eigenvalue weighted by Crippen LogP contribution is 2.65. The van der Waals surface area contributed by atoms with E-state index in [-0.39, 0.29) is 29.3 Å². The monoisotopic (exact) mass is 543 g/mol. The number of allylic oxidation sites excluding steroid dienone is 1. The van der Waals surface area contributed by atoms with Crippen molar-refractivity contribution < 1.29 is 22.7 Å². The number of esters is 1. The Kier molecular flexibility index (Phi) is 6.75. The molecule has 0 saturated heterocycles. The fourth-order valence-electron chi connectivity index (χ4n) is 5.71. The van der Waals surface area contributed by atoms with Crippen LogP contribution in [0.3, 0.4) is 0 Å². The molecule has 3 aromatic carbocycles. The highest BCUT2D eigenvalue weighted by atomic mass is 32.2. The maximum absolute atomic E-state index is 14.4. The molecule has 0 heterocycles. The Hall–Kier alpha value is -3.71. The Labute approximate surface area is 230 Å². The minimum absolute atomic E-state index is 0.0345. The van der Waals surface area contributed by atoms with Crippen LogP contribution in [0.25, 0.3) is 5.57 Å². The molecule has 0 N–H and O–H groups in total. The van der Waals surface area contributed by atoms with Crippen molar-refractivity contribution in [2.75, 3.05) is 0 Å². The molecule has 0 bridgehead atoms. The summed E-state index contributed by atoms with van der Waals surface area (Å²) >= 11 is 0. The number of Topliss-reactive ketones (excluding diaryl/α,β-unsaturated/α-hetero) is 1. The molecule has 7 heteroatoms. The molecule has 2 aliphatic rings. The number of carbonyl (C=O) groups excluding carboxylic acids is 2. The molecule has 2 aliphatic carbocycles. The van der Waals surface area contributed by atoms with E-state index >= 15 is 0 Å². The molecule has 0 aliphatic heterocycles. The van der Waals surface area contributed by atoms with Crippen LogP contribution >= 0.6 is 0 Å². The van der Waals surface area contributed by atoms with Gasteiger partial charge < -0.3 is 4.74 Å². The summed E-state index contributed by atoms with van der Waals surface area (Å²) in [5.74, 6) is -1.45. The lowest BCUT2D eigenvalue weighted by atomic mass is 9.58. The molecule has 1 fully saturated rings. The van der Waals surface area contributed by atoms with Crippen molar-refractivity contribution in [1.82, 2.24) is 4.31 Å². The van der Waals surface area contributed by atoms with Crippen LogP contribution < -0.4 is 0 Å². The molecule has 0 amide bonds. The lowest BCUT2D eigenvalue weighted by Gasteiger charge is -2.50. The first-order valence-corrected chi connectivity index (χ1v) is 14.6. The molecule has 0 radical (unpaired) electrons. The molecule has 3 aromatic rings. The van der Waals surface area contributed by atoms with Gasteiger partial charge in [0.25, 0.3) is 10.0 Å². The predicted molar refractivity (Wildman–Crippen MR) is 150 cm³/mol. The lowest BCUT2D eigenvalue weighted by Crippen LogP contribution is -2.57. The molecule has 6 nitrogen and oxygen atoms in total. The van der Waals surface area contributed by atoms with Gasteiger partial charge in [-0.05, 0) is 62.9 Å². The highest BCUT2D eigenvalue weighted by molar-refractivity contribution is 7.89. The maximum atomic E-state index is 14.4. The van der Waals surface area contributed by atoms with Crippen LogP contribution in [0.1, 0.15) is 50.3 Å². The number of carbonyl (C=O) groups is 2. The fourth-order valence-corrected chi connectivity index (χ4v) is 7.25. The second kappa shape index (κ2) is 9.79. The summed E-state index contributed by atoms with van der Waals surface area (Å²) in [6.07, 6.45) is 0.628. The smallest absolute Gasteiger partial charge is 0.326 e. The Bertz CT molecular complexity index is 1540. The predicted octanol–water partition coefficient (Wildman–Crippen LogP) is 5.92. The van der Waals surface area contributed by atoms with E-state index in [0.717, 1.165) is 16.7 Å². The van der Waals surface area contributed by atoms with E-state index in [4.69, 9.17) is 4.74 Å². The Morgan fingerprint density at radius 1 is 0.949 bits per heavy atom. The zero-order chi connectivity index (χ0) is 28.0. The van der Waals surface area contributed by atoms with Crippen LogP contribution in [-0.2, 0) is 30.9 Å². The van der Waals surface area contributed by atoms with Crippen LogP contribution in [0.15, 0.2) is 95.5 Å². The molecule has 0 unspecified atom stereocenters. The van der Waals surface area contributed by atoms with Crippen molar-refractivity contribution in [3.8, 4) is 0 Å². The van der Waals surface area contributed by atoms with Crippen molar-refractivity contribution >= 4 is 27.3 Å². The van der Waals surface area contributed by atoms with Gasteiger partial charge in [-0.1, -0.05) is 78.4 Å². The number of aryl methyl sites for hydroxylation is 1. The second-order valence-electron chi connectivity index (χ2n) is 11.3. The van der Waals surface area contributed by atoms with Gasteiger partial charge in [-0.15, -0.1) is 0 Å². The number of fused-ring (bicyclic) bond motifs is 1. The molecule has 39 heavy (non-hydrogen) atoms. The molecule has 0 spiro atoms. The highest BCUT2D eigenvalue weighted by Gasteiger charge is 2.70. The largest absolute Gasteiger partial charge is 0.459 e. The summed E-state index contributed by atoms with van der Waals surface area (Å²) in [6.45, 7) is 7.11. The summed E-state index contributed by atoms with van der Waals surface area (Å²) in [4.78, 5) is 27.9. The number of ketones is 1. The lowest BCUT2D eigenvalue weighted by molar-refractivity contribution is -0.170. The maximum Gasteiger partial charge on any atom is 0.326 e. The number of ether oxygens (including phenoxy) is 1. The molecule has 5 rings (SSSR count). The van der Waals surface area contributed by atoms with Gasteiger partial charge in [0.05, 0.1) is 17.1 Å². The van der Waals surface area contributed by atoms with Gasteiger partial charge in [0.15, 0.2) is 11.2 Å². The normalized spacial score (nSPS) is 20.8. The van der Waals surface area contributed by atoms with Crippen LogP contribution in [-0.4, -0.2) is 30.1 Å². The van der Waals surface area contributed by atoms with E-state index in [2.05, 4.69) is 0 Å². The van der Waals surface area contributed by atoms with Gasteiger partial charge in [-0.2, -0.15) is 0 Å². The quantitative estimate of drug-likeness (QED) is 0.273. The van der Waals surface area contributed by atoms with Crippen molar-refractivity contribution in [2.24, 2.45) is 11.3 Å². The zero-order valence-electron chi connectivity index (χ0n) is 22.7. The molecule has 2 atom stereocenters. The molecular weight excluding hydrogens is 510 g/mol. The average Bonchev–Trinajstić information content (AvgIpc) is 3.16. The third kappa shape index (κ3) is 4.59. The minimum atomic E-state index is -4.18. The van der Waals surface area contributed by atoms with Gasteiger partial charge >= 0.3 is 5.97 Å². The van der Waals surface area contributed by atoms with E-state index in [1.165, 1.54) is 4.31 Å². The van der Waals surface area contributed by atoms with E-state index in [1.807, 2.05) is 67.6 Å². The zero-order valence-corrected chi connectivity index (χ0v) is 23.5. The van der Waals surface area contributed by atoms with Crippen molar-refractivity contribution in [1.29, 1.82) is 0 Å². The van der Waals surface area contributed by atoms with Gasteiger partial charge in [-0.3, -0.25) is 13.9 Å². The summed E-state index contributed by atoms with van der Waals surface area (Å²) in [7, 11) is -4.18. The number of benzene rings is 3. The molecule has 0 aromatic heterocycles. The summed E-state index contributed by atoms with van der Waals surface area (Å²) in [5, 5.41) is 0. The first kappa shape index (κ1) is 26.9. The van der Waals surface area contributed by atoms with Gasteiger partial charge in [-0.25, -0.2) is 8.42 Å². The van der Waals surface area contributed by atoms with Gasteiger partial charge in [0.1, 0.15) is 5.60 Å². The molecule has 1 saturated carbocycles. The van der Waals surface area contributed by atoms with E-state index in [9.17, 15) is 18.0 Å². The molecular formula is C32H33NO5S. The number of sulfonamides is 1. The Morgan fingerprint density at radius 3 is 2.13 bits per heavy atom. The first-order valence-electron chi connectivity index (χ1n) is 13.2. The number of hydrogen-bond acceptors (Lipinski definition) is 5. The van der Waals surface area contributed by atoms with Gasteiger partial charge in [0.2, 0.25) is 0 Å². The van der Waals surface area contributed by atoms with Crippen molar-refractivity contribution in [3.05, 3.63) is 107 Å². The van der Waals surface area contributed by atoms with Crippen LogP contribution in [0.2, 0.25) is 0 Å². The van der Waals surface area contributed by atoms with Crippen molar-refractivity contribution in [3.63, 3.8) is 0 Å². The van der Waals surface area contributed by atoms with E-state index in [0.29, 0.717) is 12.0 Å². The molecule has 202 valence electrons. The minimum Gasteiger partial charge on any atom is -0.459 e. The third-order valence-electron chi connectivity index (χ3n) is 7.43. The SMILES string of the molecule is Cc1ccc(S(=O)(=O)N(Cc2ccccc2)C2=C(c3ccccc3)[C@@H]3CCC(=O)[C@]23C(=O)OC(C)(C)C)cc1. The number of nitrogens with zero attached hydrogens (tertiary/aromatic N) is 1. The van der Waals surface area contributed by atoms with Crippen molar-refractivity contribution in [2.45, 2.75) is 57.6 Å². The van der Waals surface area contributed by atoms with E-state index in [1.54, 1.807) is 45.0 Å². The number of rotatable bonds is 7. The Morgan fingerprint density at radius 2 is 1.54 bits per heavy atom. The van der Waals surface area contributed by atoms with Crippen LogP contribution in [0, 0.1) is 18.3 Å². The van der Waals surface area contributed by atoms with Crippen LogP contribution in [0.4, 0.5) is 0 Å². The average molecular weight is 544 g/mol. The summed E-state index contributed by atoms with van der Waals surface area (Å²) in [5.41, 5.74) is 0.828. The summed E-state index contributed by atoms with van der Waals surface area (Å²) < 4.78 is 36.0. The third-order valence-corrected chi connectivity index (χ3v) is 9.19. The summed E-state index contributed by atoms with van der Waals surface area (Å²) in [6, 6.07) is 25.3. The topological polar surface area (TPSA) is 80.8 Å². The first-order chi connectivity index (χ1) is 18.5. The number of hydrogen-bond donors (Lipinski definition) is 0. The van der Waals surface area contributed by atoms with E-state index < -0.39 is 32.9 Å². The fraction of sp³-hybridized carbons (Fsp3) is 0.312. The Balaban J connectivity index is 1.79. The van der Waals surface area contributed by atoms with Crippen LogP contribution in [0.5, 0.6) is 0 Å². The standard InChI is InChI=1S/C32H33NO5S/c1-22-15-17-25(18-16-22)39(36,37)33(21-23-11-7-5-8-12-23)29-28(24-13-9-6-10-14-24)26-19-20-27(34)32(26,29)30(35)38-31(2,3)4/h5-18,26H,19-21H2,1-4H3/t26-,32-/m0/s1. The second-order valence-corrected chi connectivity index (χ2v) is 13.1.